The van der Waals surface area contributed by atoms with Crippen molar-refractivity contribution in [3.8, 4) is 0 Å². The van der Waals surface area contributed by atoms with Crippen molar-refractivity contribution in [2.75, 3.05) is 0 Å². The number of carbonyl (C=O) groups is 1. The van der Waals surface area contributed by atoms with Gasteiger partial charge in [0, 0.05) is 12.1 Å². The summed E-state index contributed by atoms with van der Waals surface area (Å²) in [6, 6.07) is 1.86. The lowest BCUT2D eigenvalue weighted by atomic mass is 10.1. The molecule has 1 N–H and O–H groups in total. The highest BCUT2D eigenvalue weighted by atomic mass is 16.5. The molecule has 0 aliphatic rings. The summed E-state index contributed by atoms with van der Waals surface area (Å²) < 4.78 is 4.82. The number of hydrogen-bond donors (Lipinski definition) is 1. The van der Waals surface area contributed by atoms with Gasteiger partial charge in [0.1, 0.15) is 5.76 Å². The molecule has 0 saturated carbocycles. The van der Waals surface area contributed by atoms with Crippen molar-refractivity contribution in [2.24, 2.45) is 0 Å². The zero-order valence-electron chi connectivity index (χ0n) is 8.83. The molecule has 0 aromatic carbocycles. The molecule has 0 unspecified atom stereocenters. The van der Waals surface area contributed by atoms with Gasteiger partial charge in [0.15, 0.2) is 5.69 Å². The van der Waals surface area contributed by atoms with Crippen LogP contribution in [0.4, 0.5) is 0 Å². The van der Waals surface area contributed by atoms with Gasteiger partial charge in [-0.05, 0) is 19.8 Å². The van der Waals surface area contributed by atoms with E-state index in [1.807, 2.05) is 13.8 Å². The molecular weight excluding hydrogens is 180 g/mol. The lowest BCUT2D eigenvalue weighted by molar-refractivity contribution is 0.0925. The molecule has 1 aromatic rings. The van der Waals surface area contributed by atoms with Crippen molar-refractivity contribution in [1.29, 1.82) is 0 Å². The van der Waals surface area contributed by atoms with Crippen LogP contribution < -0.4 is 5.32 Å². The average molecular weight is 196 g/mol. The second-order valence-corrected chi connectivity index (χ2v) is 3.31. The fourth-order valence-corrected chi connectivity index (χ4v) is 1.23. The van der Waals surface area contributed by atoms with Crippen molar-refractivity contribution in [3.05, 3.63) is 17.5 Å². The molecule has 0 aliphatic heterocycles. The molecule has 1 amide bonds. The summed E-state index contributed by atoms with van der Waals surface area (Å²) in [5, 5.41) is 6.53. The smallest absolute Gasteiger partial charge is 0.273 e. The van der Waals surface area contributed by atoms with Gasteiger partial charge in [-0.15, -0.1) is 0 Å². The Balaban J connectivity index is 2.58. The summed E-state index contributed by atoms with van der Waals surface area (Å²) in [5.41, 5.74) is 0.356. The number of aromatic nitrogens is 1. The first-order chi connectivity index (χ1) is 6.67. The summed E-state index contributed by atoms with van der Waals surface area (Å²) in [5.74, 6) is 0.496. The van der Waals surface area contributed by atoms with Crippen molar-refractivity contribution in [1.82, 2.24) is 10.5 Å². The van der Waals surface area contributed by atoms with E-state index in [0.717, 1.165) is 12.8 Å². The normalized spacial score (nSPS) is 10.6. The van der Waals surface area contributed by atoms with E-state index >= 15 is 0 Å². The molecule has 0 atom stereocenters. The van der Waals surface area contributed by atoms with Gasteiger partial charge in [0.05, 0.1) is 0 Å². The molecule has 1 aromatic heterocycles. The molecule has 14 heavy (non-hydrogen) atoms. The quantitative estimate of drug-likeness (QED) is 0.800. The molecule has 0 fully saturated rings. The van der Waals surface area contributed by atoms with Crippen LogP contribution in [0.15, 0.2) is 10.6 Å². The minimum Gasteiger partial charge on any atom is -0.361 e. The lowest BCUT2D eigenvalue weighted by Gasteiger charge is -2.12. The van der Waals surface area contributed by atoms with Gasteiger partial charge in [0.2, 0.25) is 0 Å². The summed E-state index contributed by atoms with van der Waals surface area (Å²) in [7, 11) is 0. The molecule has 1 rings (SSSR count). The Bertz CT molecular complexity index is 303. The number of nitrogens with one attached hydrogen (secondary N) is 1. The third kappa shape index (κ3) is 2.58. The van der Waals surface area contributed by atoms with E-state index in [1.165, 1.54) is 0 Å². The Labute approximate surface area is 83.7 Å². The standard InChI is InChI=1S/C10H16N2O2/c1-4-8(5-2)11-10(13)9-6-7(3)14-12-9/h6,8H,4-5H2,1-3H3,(H,11,13). The molecule has 1 heterocycles. The maximum absolute atomic E-state index is 11.6. The molecular formula is C10H16N2O2. The Morgan fingerprint density at radius 3 is 2.64 bits per heavy atom. The van der Waals surface area contributed by atoms with Gasteiger partial charge >= 0.3 is 0 Å². The largest absolute Gasteiger partial charge is 0.361 e. The van der Waals surface area contributed by atoms with Crippen LogP contribution >= 0.6 is 0 Å². The number of rotatable bonds is 4. The van der Waals surface area contributed by atoms with Crippen LogP contribution in [0.25, 0.3) is 0 Å². The number of carbonyl (C=O) groups excluding carboxylic acids is 1. The van der Waals surface area contributed by atoms with Crippen LogP contribution in [0.1, 0.15) is 42.9 Å². The van der Waals surface area contributed by atoms with Crippen molar-refractivity contribution in [2.45, 2.75) is 39.7 Å². The summed E-state index contributed by atoms with van der Waals surface area (Å²) >= 11 is 0. The number of nitrogens with zero attached hydrogens (tertiary/aromatic N) is 1. The van der Waals surface area contributed by atoms with Crippen LogP contribution in [0.2, 0.25) is 0 Å². The van der Waals surface area contributed by atoms with Gasteiger partial charge in [-0.3, -0.25) is 4.79 Å². The number of hydrogen-bond acceptors (Lipinski definition) is 3. The number of amides is 1. The average Bonchev–Trinajstić information content (AvgIpc) is 2.61. The van der Waals surface area contributed by atoms with Gasteiger partial charge in [0.25, 0.3) is 5.91 Å². The Hall–Kier alpha value is -1.32. The Morgan fingerprint density at radius 1 is 1.57 bits per heavy atom. The maximum atomic E-state index is 11.6. The molecule has 0 aliphatic carbocycles. The second-order valence-electron chi connectivity index (χ2n) is 3.31. The summed E-state index contributed by atoms with van der Waals surface area (Å²) in [6.45, 7) is 5.85. The first-order valence-electron chi connectivity index (χ1n) is 4.91. The minimum absolute atomic E-state index is 0.157. The lowest BCUT2D eigenvalue weighted by Crippen LogP contribution is -2.33. The van der Waals surface area contributed by atoms with E-state index in [1.54, 1.807) is 13.0 Å². The van der Waals surface area contributed by atoms with Gasteiger partial charge in [-0.2, -0.15) is 0 Å². The van der Waals surface area contributed by atoms with Crippen LogP contribution in [0, 0.1) is 6.92 Å². The van der Waals surface area contributed by atoms with E-state index in [0.29, 0.717) is 11.5 Å². The van der Waals surface area contributed by atoms with E-state index in [4.69, 9.17) is 4.52 Å². The SMILES string of the molecule is CCC(CC)NC(=O)c1cc(C)on1. The molecule has 78 valence electrons. The highest BCUT2D eigenvalue weighted by Crippen LogP contribution is 2.03. The van der Waals surface area contributed by atoms with E-state index in [2.05, 4.69) is 10.5 Å². The molecule has 4 heteroatoms. The third-order valence-corrected chi connectivity index (χ3v) is 2.18. The summed E-state index contributed by atoms with van der Waals surface area (Å²) in [4.78, 5) is 11.6. The topological polar surface area (TPSA) is 55.1 Å². The zero-order chi connectivity index (χ0) is 10.6. The Morgan fingerprint density at radius 2 is 2.21 bits per heavy atom. The first-order valence-corrected chi connectivity index (χ1v) is 4.91. The molecule has 0 saturated heterocycles. The molecule has 4 nitrogen and oxygen atoms in total. The third-order valence-electron chi connectivity index (χ3n) is 2.18. The van der Waals surface area contributed by atoms with Crippen molar-refractivity contribution < 1.29 is 9.32 Å². The van der Waals surface area contributed by atoms with Crippen LogP contribution in [-0.4, -0.2) is 17.1 Å². The summed E-state index contributed by atoms with van der Waals surface area (Å²) in [6.07, 6.45) is 1.86. The monoisotopic (exact) mass is 196 g/mol. The van der Waals surface area contributed by atoms with Crippen molar-refractivity contribution >= 4 is 5.91 Å². The van der Waals surface area contributed by atoms with Crippen LogP contribution in [0.5, 0.6) is 0 Å². The van der Waals surface area contributed by atoms with E-state index in [9.17, 15) is 4.79 Å². The highest BCUT2D eigenvalue weighted by molar-refractivity contribution is 5.92. The van der Waals surface area contributed by atoms with Gasteiger partial charge in [-0.1, -0.05) is 19.0 Å². The van der Waals surface area contributed by atoms with Crippen molar-refractivity contribution in [3.63, 3.8) is 0 Å². The number of aryl methyl sites for hydroxylation is 1. The molecule has 0 radical (unpaired) electrons. The highest BCUT2D eigenvalue weighted by Gasteiger charge is 2.13. The maximum Gasteiger partial charge on any atom is 0.273 e. The molecule has 0 spiro atoms. The minimum atomic E-state index is -0.157. The fraction of sp³-hybridized carbons (Fsp3) is 0.600. The molecule has 0 bridgehead atoms. The predicted molar refractivity (Wildman–Crippen MR) is 53.1 cm³/mol. The zero-order valence-corrected chi connectivity index (χ0v) is 8.83. The van der Waals surface area contributed by atoms with Crippen LogP contribution in [0.3, 0.4) is 0 Å². The van der Waals surface area contributed by atoms with E-state index < -0.39 is 0 Å². The van der Waals surface area contributed by atoms with E-state index in [-0.39, 0.29) is 11.9 Å². The first kappa shape index (κ1) is 10.8. The van der Waals surface area contributed by atoms with Gasteiger partial charge in [-0.25, -0.2) is 0 Å². The fourth-order valence-electron chi connectivity index (χ4n) is 1.23. The second kappa shape index (κ2) is 4.79. The Kier molecular flexibility index (Phi) is 3.68. The predicted octanol–water partition coefficient (Wildman–Crippen LogP) is 1.90. The van der Waals surface area contributed by atoms with Gasteiger partial charge < -0.3 is 9.84 Å². The van der Waals surface area contributed by atoms with Crippen LogP contribution in [-0.2, 0) is 0 Å².